The third kappa shape index (κ3) is 4.42. The molecule has 0 atom stereocenters. The quantitative estimate of drug-likeness (QED) is 0.472. The van der Waals surface area contributed by atoms with Crippen molar-refractivity contribution < 1.29 is 31.7 Å². The minimum absolute atomic E-state index is 0.0502. The largest absolute Gasteiger partial charge is 0.459 e. The molecule has 4 aromatic rings. The van der Waals surface area contributed by atoms with Crippen LogP contribution in [0.5, 0.6) is 0 Å². The molecule has 0 fully saturated rings. The van der Waals surface area contributed by atoms with Gasteiger partial charge in [-0.25, -0.2) is 0 Å². The molecule has 0 aliphatic rings. The highest BCUT2D eigenvalue weighted by Crippen LogP contribution is 2.37. The number of nitrogens with zero attached hydrogens (tertiary/aromatic N) is 1. The average molecular weight is 429 g/mol. The first kappa shape index (κ1) is 20.2. The molecule has 0 bridgehead atoms. The van der Waals surface area contributed by atoms with Crippen LogP contribution in [0, 0.1) is 0 Å². The minimum atomic E-state index is -4.77. The van der Waals surface area contributed by atoms with E-state index in [4.69, 9.17) is 8.94 Å². The molecule has 7 nitrogen and oxygen atoms in total. The zero-order chi connectivity index (χ0) is 22.0. The van der Waals surface area contributed by atoms with Gasteiger partial charge in [0, 0.05) is 11.1 Å². The fraction of sp³-hybridized carbons (Fsp3) is 0.0952. The van der Waals surface area contributed by atoms with Gasteiger partial charge in [-0.3, -0.25) is 9.59 Å². The molecule has 0 saturated carbocycles. The highest BCUT2D eigenvalue weighted by Gasteiger charge is 2.34. The van der Waals surface area contributed by atoms with Gasteiger partial charge in [-0.15, -0.1) is 0 Å². The maximum absolute atomic E-state index is 13.6. The average Bonchev–Trinajstić information content (AvgIpc) is 3.39. The van der Waals surface area contributed by atoms with Crippen molar-refractivity contribution in [2.24, 2.45) is 0 Å². The molecule has 4 rings (SSSR count). The lowest BCUT2D eigenvalue weighted by Crippen LogP contribution is -2.19. The molecule has 2 aromatic heterocycles. The summed E-state index contributed by atoms with van der Waals surface area (Å²) in [4.78, 5) is 24.4. The second kappa shape index (κ2) is 7.98. The van der Waals surface area contributed by atoms with Crippen LogP contribution in [-0.4, -0.2) is 17.0 Å². The van der Waals surface area contributed by atoms with E-state index >= 15 is 0 Å². The maximum Gasteiger partial charge on any atom is 0.418 e. The van der Waals surface area contributed by atoms with Crippen molar-refractivity contribution in [2.75, 3.05) is 10.6 Å². The van der Waals surface area contributed by atoms with E-state index in [0.717, 1.165) is 12.1 Å². The minimum Gasteiger partial charge on any atom is -0.459 e. The first-order chi connectivity index (χ1) is 14.8. The molecule has 0 unspecified atom stereocenters. The van der Waals surface area contributed by atoms with Gasteiger partial charge in [-0.2, -0.15) is 13.2 Å². The highest BCUT2D eigenvalue weighted by molar-refractivity contribution is 6.02. The van der Waals surface area contributed by atoms with E-state index in [1.807, 2.05) is 0 Å². The topological polar surface area (TPSA) is 97.4 Å². The van der Waals surface area contributed by atoms with Gasteiger partial charge in [0.1, 0.15) is 5.69 Å². The Morgan fingerprint density at radius 1 is 1.00 bits per heavy atom. The molecule has 31 heavy (non-hydrogen) atoms. The standard InChI is InChI=1S/C21H14F3N3O4/c22-21(23,24)14-10-12(25-20(29)18-6-3-9-30-18)7-8-15(14)26-19(28)11-16-13-4-1-2-5-17(13)31-27-16/h1-10H,11H2,(H,25,29)(H,26,28). The van der Waals surface area contributed by atoms with Crippen LogP contribution in [0.25, 0.3) is 11.0 Å². The van der Waals surface area contributed by atoms with Crippen LogP contribution < -0.4 is 10.6 Å². The number of anilines is 2. The zero-order valence-corrected chi connectivity index (χ0v) is 15.7. The molecule has 0 spiro atoms. The molecule has 2 aromatic carbocycles. The van der Waals surface area contributed by atoms with Crippen LogP contribution in [0.1, 0.15) is 21.8 Å². The van der Waals surface area contributed by atoms with E-state index in [2.05, 4.69) is 15.8 Å². The number of halogens is 3. The second-order valence-corrected chi connectivity index (χ2v) is 6.54. The summed E-state index contributed by atoms with van der Waals surface area (Å²) in [6.07, 6.45) is -3.77. The lowest BCUT2D eigenvalue weighted by atomic mass is 10.1. The molecule has 2 N–H and O–H groups in total. The number of amides is 2. The summed E-state index contributed by atoms with van der Waals surface area (Å²) in [7, 11) is 0. The van der Waals surface area contributed by atoms with Crippen molar-refractivity contribution in [1.29, 1.82) is 0 Å². The Labute approximate surface area is 172 Å². The second-order valence-electron chi connectivity index (χ2n) is 6.54. The summed E-state index contributed by atoms with van der Waals surface area (Å²) in [5.74, 6) is -1.45. The monoisotopic (exact) mass is 429 g/mol. The van der Waals surface area contributed by atoms with Crippen molar-refractivity contribution in [3.8, 4) is 0 Å². The first-order valence-electron chi connectivity index (χ1n) is 9.00. The smallest absolute Gasteiger partial charge is 0.418 e. The van der Waals surface area contributed by atoms with E-state index in [0.29, 0.717) is 16.7 Å². The van der Waals surface area contributed by atoms with Gasteiger partial charge < -0.3 is 19.6 Å². The van der Waals surface area contributed by atoms with Crippen LogP contribution in [0.4, 0.5) is 24.5 Å². The number of carbonyl (C=O) groups is 2. The SMILES string of the molecule is O=C(Cc1noc2ccccc12)Nc1ccc(NC(=O)c2ccco2)cc1C(F)(F)F. The van der Waals surface area contributed by atoms with Gasteiger partial charge in [0.2, 0.25) is 5.91 Å². The fourth-order valence-electron chi connectivity index (χ4n) is 2.98. The lowest BCUT2D eigenvalue weighted by molar-refractivity contribution is -0.136. The highest BCUT2D eigenvalue weighted by atomic mass is 19.4. The third-order valence-corrected chi connectivity index (χ3v) is 4.38. The predicted molar refractivity (Wildman–Crippen MR) is 104 cm³/mol. The van der Waals surface area contributed by atoms with E-state index in [-0.39, 0.29) is 17.9 Å². The molecule has 0 radical (unpaired) electrons. The Balaban J connectivity index is 1.54. The van der Waals surface area contributed by atoms with Crippen LogP contribution in [0.15, 0.2) is 69.8 Å². The van der Waals surface area contributed by atoms with Crippen LogP contribution in [0.3, 0.4) is 0 Å². The molecule has 2 amide bonds. The van der Waals surface area contributed by atoms with Gasteiger partial charge in [-0.1, -0.05) is 17.3 Å². The van der Waals surface area contributed by atoms with Crippen molar-refractivity contribution in [2.45, 2.75) is 12.6 Å². The molecule has 0 saturated heterocycles. The number of rotatable bonds is 5. The summed E-state index contributed by atoms with van der Waals surface area (Å²) < 4.78 is 50.7. The number of fused-ring (bicyclic) bond motifs is 1. The maximum atomic E-state index is 13.6. The molecule has 0 aliphatic heterocycles. The van der Waals surface area contributed by atoms with Gasteiger partial charge in [0.25, 0.3) is 5.91 Å². The molecule has 158 valence electrons. The van der Waals surface area contributed by atoms with Gasteiger partial charge in [-0.05, 0) is 42.5 Å². The van der Waals surface area contributed by atoms with Crippen molar-refractivity contribution in [3.63, 3.8) is 0 Å². The summed E-state index contributed by atoms with van der Waals surface area (Å²) in [5.41, 5.74) is -0.874. The number of benzene rings is 2. The van der Waals surface area contributed by atoms with Crippen molar-refractivity contribution in [3.05, 3.63) is 77.9 Å². The van der Waals surface area contributed by atoms with E-state index in [9.17, 15) is 22.8 Å². The number of furan rings is 1. The Morgan fingerprint density at radius 3 is 2.55 bits per heavy atom. The number of carbonyl (C=O) groups excluding carboxylic acids is 2. The van der Waals surface area contributed by atoms with Gasteiger partial charge >= 0.3 is 6.18 Å². The normalized spacial score (nSPS) is 11.5. The van der Waals surface area contributed by atoms with Crippen LogP contribution >= 0.6 is 0 Å². The Hall–Kier alpha value is -4.08. The Kier molecular flexibility index (Phi) is 5.20. The molecule has 2 heterocycles. The summed E-state index contributed by atoms with van der Waals surface area (Å²) in [5, 5.41) is 8.99. The summed E-state index contributed by atoms with van der Waals surface area (Å²) in [6, 6.07) is 12.7. The number of alkyl halides is 3. The van der Waals surface area contributed by atoms with Crippen LogP contribution in [-0.2, 0) is 17.4 Å². The van der Waals surface area contributed by atoms with Gasteiger partial charge in [0.15, 0.2) is 11.3 Å². The first-order valence-corrected chi connectivity index (χ1v) is 9.00. The zero-order valence-electron chi connectivity index (χ0n) is 15.7. The predicted octanol–water partition coefficient (Wildman–Crippen LogP) is 4.87. The summed E-state index contributed by atoms with van der Waals surface area (Å²) >= 11 is 0. The van der Waals surface area contributed by atoms with Crippen molar-refractivity contribution in [1.82, 2.24) is 5.16 Å². The third-order valence-electron chi connectivity index (χ3n) is 4.38. The van der Waals surface area contributed by atoms with E-state index in [1.54, 1.807) is 24.3 Å². The van der Waals surface area contributed by atoms with Gasteiger partial charge in [0.05, 0.1) is 23.9 Å². The van der Waals surface area contributed by atoms with Crippen molar-refractivity contribution >= 4 is 34.2 Å². The Morgan fingerprint density at radius 2 is 1.81 bits per heavy atom. The number of aromatic nitrogens is 1. The molecule has 0 aliphatic carbocycles. The lowest BCUT2D eigenvalue weighted by Gasteiger charge is -2.15. The molecular weight excluding hydrogens is 415 g/mol. The summed E-state index contributed by atoms with van der Waals surface area (Å²) in [6.45, 7) is 0. The number of para-hydroxylation sites is 1. The Bertz CT molecular complexity index is 1250. The fourth-order valence-corrected chi connectivity index (χ4v) is 2.98. The number of hydrogen-bond donors (Lipinski definition) is 2. The van der Waals surface area contributed by atoms with E-state index < -0.39 is 29.2 Å². The van der Waals surface area contributed by atoms with E-state index in [1.165, 1.54) is 24.5 Å². The number of nitrogens with one attached hydrogen (secondary N) is 2. The molecule has 10 heteroatoms. The number of hydrogen-bond acceptors (Lipinski definition) is 5. The molecular formula is C21H14F3N3O4. The van der Waals surface area contributed by atoms with Crippen LogP contribution in [0.2, 0.25) is 0 Å².